The van der Waals surface area contributed by atoms with Crippen molar-refractivity contribution in [2.75, 3.05) is 0 Å². The van der Waals surface area contributed by atoms with Crippen LogP contribution < -0.4 is 4.72 Å². The second-order valence-electron chi connectivity index (χ2n) is 5.86. The highest BCUT2D eigenvalue weighted by Gasteiger charge is 2.25. The number of aromatic nitrogens is 6. The van der Waals surface area contributed by atoms with Gasteiger partial charge in [0.15, 0.2) is 23.1 Å². The molecule has 0 amide bonds. The third kappa shape index (κ3) is 2.98. The third-order valence-corrected chi connectivity index (χ3v) is 5.56. The van der Waals surface area contributed by atoms with Crippen LogP contribution in [0.5, 0.6) is 0 Å². The molecule has 11 nitrogen and oxygen atoms in total. The van der Waals surface area contributed by atoms with Crippen LogP contribution in [0.2, 0.25) is 0 Å². The van der Waals surface area contributed by atoms with Crippen LogP contribution in [0.15, 0.2) is 32.3 Å². The van der Waals surface area contributed by atoms with Crippen LogP contribution in [-0.4, -0.2) is 38.3 Å². The second kappa shape index (κ2) is 6.25. The van der Waals surface area contributed by atoms with Crippen LogP contribution in [0.4, 0.5) is 0 Å². The molecule has 140 valence electrons. The van der Waals surface area contributed by atoms with Gasteiger partial charge in [-0.2, -0.15) is 4.98 Å². The van der Waals surface area contributed by atoms with E-state index in [1.165, 1.54) is 0 Å². The lowest BCUT2D eigenvalue weighted by atomic mass is 10.2. The molecule has 0 aliphatic heterocycles. The summed E-state index contributed by atoms with van der Waals surface area (Å²) in [5, 5.41) is 15.6. The fourth-order valence-corrected chi connectivity index (χ4v) is 4.05. The molecule has 0 aliphatic carbocycles. The van der Waals surface area contributed by atoms with E-state index in [2.05, 4.69) is 30.2 Å². The first-order valence-corrected chi connectivity index (χ1v) is 9.41. The summed E-state index contributed by atoms with van der Waals surface area (Å²) in [5.41, 5.74) is 1.37. The van der Waals surface area contributed by atoms with Crippen molar-refractivity contribution < 1.29 is 17.5 Å². The maximum atomic E-state index is 12.6. The van der Waals surface area contributed by atoms with Crippen molar-refractivity contribution in [3.63, 3.8) is 0 Å². The molecule has 0 saturated carbocycles. The molecule has 0 aliphatic rings. The summed E-state index contributed by atoms with van der Waals surface area (Å²) < 4.78 is 39.4. The molecule has 0 bridgehead atoms. The third-order valence-electron chi connectivity index (χ3n) is 3.92. The summed E-state index contributed by atoms with van der Waals surface area (Å²) >= 11 is 0. The minimum atomic E-state index is -3.81. The molecule has 4 heterocycles. The van der Waals surface area contributed by atoms with E-state index in [4.69, 9.17) is 9.05 Å². The van der Waals surface area contributed by atoms with E-state index in [0.29, 0.717) is 34.4 Å². The Morgan fingerprint density at radius 2 is 1.96 bits per heavy atom. The highest BCUT2D eigenvalue weighted by Crippen LogP contribution is 2.23. The number of hydrogen-bond acceptors (Lipinski definition) is 9. The number of hydrogen-bond donors (Lipinski definition) is 1. The molecule has 0 radical (unpaired) electrons. The Bertz CT molecular complexity index is 1220. The monoisotopic (exact) mass is 389 g/mol. The van der Waals surface area contributed by atoms with Gasteiger partial charge >= 0.3 is 0 Å². The minimum Gasteiger partial charge on any atom is -0.360 e. The van der Waals surface area contributed by atoms with Gasteiger partial charge in [-0.05, 0) is 32.9 Å². The van der Waals surface area contributed by atoms with E-state index < -0.39 is 10.0 Å². The lowest BCUT2D eigenvalue weighted by Gasteiger charge is -2.05. The van der Waals surface area contributed by atoms with Gasteiger partial charge in [0.25, 0.3) is 5.89 Å². The summed E-state index contributed by atoms with van der Waals surface area (Å²) in [6.07, 6.45) is 1.72. The molecule has 4 aromatic rings. The number of pyridine rings is 1. The van der Waals surface area contributed by atoms with Crippen molar-refractivity contribution >= 4 is 15.7 Å². The van der Waals surface area contributed by atoms with Gasteiger partial charge in [-0.3, -0.25) is 4.40 Å². The van der Waals surface area contributed by atoms with Crippen molar-refractivity contribution in [3.05, 3.63) is 41.4 Å². The molecular formula is C15H15N7O4S. The van der Waals surface area contributed by atoms with Crippen LogP contribution in [0.3, 0.4) is 0 Å². The largest absolute Gasteiger partial charge is 0.360 e. The van der Waals surface area contributed by atoms with E-state index in [9.17, 15) is 8.42 Å². The Labute approximate surface area is 153 Å². The van der Waals surface area contributed by atoms with Crippen LogP contribution in [0.1, 0.15) is 23.1 Å². The number of sulfonamides is 1. The Morgan fingerprint density at radius 3 is 2.63 bits per heavy atom. The van der Waals surface area contributed by atoms with Gasteiger partial charge in [-0.15, -0.1) is 10.2 Å². The Hall–Kier alpha value is -3.12. The highest BCUT2D eigenvalue weighted by atomic mass is 32.2. The van der Waals surface area contributed by atoms with Crippen LogP contribution >= 0.6 is 0 Å². The van der Waals surface area contributed by atoms with Gasteiger partial charge in [0.1, 0.15) is 10.6 Å². The summed E-state index contributed by atoms with van der Waals surface area (Å²) in [6, 6.07) is 3.53. The van der Waals surface area contributed by atoms with Crippen molar-refractivity contribution in [3.8, 4) is 11.5 Å². The number of aryl methyl sites for hydroxylation is 3. The van der Waals surface area contributed by atoms with Gasteiger partial charge in [-0.1, -0.05) is 10.3 Å². The first-order valence-electron chi connectivity index (χ1n) is 7.92. The lowest BCUT2D eigenvalue weighted by molar-refractivity contribution is 0.390. The van der Waals surface area contributed by atoms with E-state index in [1.807, 2.05) is 0 Å². The van der Waals surface area contributed by atoms with Crippen LogP contribution in [-0.2, 0) is 16.6 Å². The summed E-state index contributed by atoms with van der Waals surface area (Å²) in [4.78, 5) is 4.22. The van der Waals surface area contributed by atoms with Crippen molar-refractivity contribution in [1.82, 2.24) is 34.6 Å². The normalized spacial score (nSPS) is 12.1. The summed E-state index contributed by atoms with van der Waals surface area (Å²) in [5.74, 6) is 1.44. The van der Waals surface area contributed by atoms with Crippen molar-refractivity contribution in [1.29, 1.82) is 0 Å². The first-order chi connectivity index (χ1) is 12.9. The smallest absolute Gasteiger partial charge is 0.261 e. The molecule has 4 rings (SSSR count). The minimum absolute atomic E-state index is 0.0262. The summed E-state index contributed by atoms with van der Waals surface area (Å²) in [7, 11) is -3.81. The molecular weight excluding hydrogens is 374 g/mol. The first kappa shape index (κ1) is 17.3. The number of rotatable bonds is 5. The molecule has 27 heavy (non-hydrogen) atoms. The molecule has 0 atom stereocenters. The number of nitrogens with zero attached hydrogens (tertiary/aromatic N) is 6. The molecule has 0 unspecified atom stereocenters. The fourth-order valence-electron chi connectivity index (χ4n) is 2.75. The van der Waals surface area contributed by atoms with Gasteiger partial charge in [-0.25, -0.2) is 13.1 Å². The second-order valence-corrected chi connectivity index (χ2v) is 7.56. The maximum Gasteiger partial charge on any atom is 0.261 e. The van der Waals surface area contributed by atoms with Gasteiger partial charge in [0, 0.05) is 6.20 Å². The molecule has 0 fully saturated rings. The van der Waals surface area contributed by atoms with Gasteiger partial charge in [0.05, 0.1) is 12.1 Å². The maximum absolute atomic E-state index is 12.6. The Morgan fingerprint density at radius 1 is 1.15 bits per heavy atom. The SMILES string of the molecule is Cc1noc(-c2cccn3c(CNS(=O)(=O)c4c(C)noc4C)nnc23)n1. The Balaban J connectivity index is 1.66. The predicted molar refractivity (Wildman–Crippen MR) is 91.0 cm³/mol. The molecule has 12 heteroatoms. The van der Waals surface area contributed by atoms with E-state index >= 15 is 0 Å². The topological polar surface area (TPSA) is 141 Å². The molecule has 1 N–H and O–H groups in total. The lowest BCUT2D eigenvalue weighted by Crippen LogP contribution is -2.25. The quantitative estimate of drug-likeness (QED) is 0.532. The highest BCUT2D eigenvalue weighted by molar-refractivity contribution is 7.89. The number of nitrogens with one attached hydrogen (secondary N) is 1. The predicted octanol–water partition coefficient (Wildman–Crippen LogP) is 1.17. The zero-order valence-corrected chi connectivity index (χ0v) is 15.5. The molecule has 0 spiro atoms. The van der Waals surface area contributed by atoms with E-state index in [-0.39, 0.29) is 17.2 Å². The van der Waals surface area contributed by atoms with E-state index in [1.54, 1.807) is 43.5 Å². The summed E-state index contributed by atoms with van der Waals surface area (Å²) in [6.45, 7) is 4.75. The molecule has 0 saturated heterocycles. The fraction of sp³-hybridized carbons (Fsp3) is 0.267. The van der Waals surface area contributed by atoms with Crippen molar-refractivity contribution in [2.24, 2.45) is 0 Å². The average Bonchev–Trinajstić information content (AvgIpc) is 3.32. The zero-order valence-electron chi connectivity index (χ0n) is 14.7. The van der Waals surface area contributed by atoms with Gasteiger partial charge in [0.2, 0.25) is 10.0 Å². The van der Waals surface area contributed by atoms with E-state index in [0.717, 1.165) is 0 Å². The van der Waals surface area contributed by atoms with Crippen molar-refractivity contribution in [2.45, 2.75) is 32.2 Å². The average molecular weight is 389 g/mol. The number of fused-ring (bicyclic) bond motifs is 1. The van der Waals surface area contributed by atoms with Crippen LogP contribution in [0.25, 0.3) is 17.1 Å². The molecule has 0 aromatic carbocycles. The standard InChI is InChI=1S/C15H15N7O4S/c1-8-13(9(2)25-20-8)27(23,24)16-7-12-18-19-14-11(5-4-6-22(12)14)15-17-10(3)21-26-15/h4-6,16H,7H2,1-3H3. The Kier molecular flexibility index (Phi) is 4.00. The molecule has 4 aromatic heterocycles. The zero-order chi connectivity index (χ0) is 19.2. The van der Waals surface area contributed by atoms with Crippen LogP contribution in [0, 0.1) is 20.8 Å². The van der Waals surface area contributed by atoms with Gasteiger partial charge < -0.3 is 9.05 Å².